The maximum atomic E-state index is 4.18. The Balaban J connectivity index is 2.04. The smallest absolute Gasteiger partial charge is 0.225 e. The number of aromatic nitrogens is 3. The summed E-state index contributed by atoms with van der Waals surface area (Å²) in [7, 11) is 0. The first-order chi connectivity index (χ1) is 7.43. The van der Waals surface area contributed by atoms with Crippen LogP contribution in [0.5, 0.6) is 0 Å². The van der Waals surface area contributed by atoms with Crippen LogP contribution in [-0.4, -0.2) is 27.0 Å². The number of aromatic amines is 1. The van der Waals surface area contributed by atoms with Crippen LogP contribution in [0.4, 0.5) is 5.82 Å². The quantitative estimate of drug-likeness (QED) is 0.688. The Bertz CT molecular complexity index is 522. The molecule has 1 fully saturated rings. The molecule has 1 aliphatic carbocycles. The Labute approximate surface area is 85.4 Å². The van der Waals surface area contributed by atoms with Crippen molar-refractivity contribution >= 4 is 11.4 Å². The fourth-order valence-electron chi connectivity index (χ4n) is 2.40. The summed E-state index contributed by atoms with van der Waals surface area (Å²) in [6.07, 6.45) is 5.43. The third-order valence-corrected chi connectivity index (χ3v) is 3.08. The second-order valence-electron chi connectivity index (χ2n) is 3.86. The largest absolute Gasteiger partial charge is 0.250 e. The molecule has 3 aliphatic rings. The predicted octanol–water partition coefficient (Wildman–Crippen LogP) is 1.42. The van der Waals surface area contributed by atoms with Crippen molar-refractivity contribution in [1.29, 1.82) is 0 Å². The van der Waals surface area contributed by atoms with Crippen molar-refractivity contribution in [2.45, 2.75) is 6.42 Å². The van der Waals surface area contributed by atoms with Gasteiger partial charge in [-0.2, -0.15) is 10.3 Å². The number of hydrogen-bond acceptors (Lipinski definition) is 5. The van der Waals surface area contributed by atoms with Gasteiger partial charge in [0.05, 0.1) is 5.70 Å². The summed E-state index contributed by atoms with van der Waals surface area (Å²) in [6, 6.07) is 0. The molecule has 6 heteroatoms. The Kier molecular flexibility index (Phi) is 1.14. The van der Waals surface area contributed by atoms with Crippen molar-refractivity contribution in [2.75, 3.05) is 6.54 Å². The standard InChI is InChI=1S/C9H8N6/c1-2-6-7-9(11-13-10-7)12-14-15-4-3-5(1)8(6)15/h1-2,5H,3-4H2,(H,10,11,13). The number of allylic oxidation sites excluding steroid dienone is 3. The van der Waals surface area contributed by atoms with E-state index in [0.717, 1.165) is 24.2 Å². The van der Waals surface area contributed by atoms with E-state index < -0.39 is 0 Å². The molecule has 6 nitrogen and oxygen atoms in total. The lowest BCUT2D eigenvalue weighted by Crippen LogP contribution is -2.09. The zero-order chi connectivity index (χ0) is 9.83. The van der Waals surface area contributed by atoms with Crippen molar-refractivity contribution in [2.24, 2.45) is 16.3 Å². The minimum absolute atomic E-state index is 0.488. The van der Waals surface area contributed by atoms with E-state index in [1.54, 1.807) is 0 Å². The molecule has 1 aromatic rings. The van der Waals surface area contributed by atoms with E-state index in [4.69, 9.17) is 0 Å². The fraction of sp³-hybridized carbons (Fsp3) is 0.333. The van der Waals surface area contributed by atoms with E-state index in [1.165, 1.54) is 5.70 Å². The van der Waals surface area contributed by atoms with Gasteiger partial charge in [-0.05, 0) is 6.42 Å². The molecule has 0 amide bonds. The van der Waals surface area contributed by atoms with Gasteiger partial charge in [-0.3, -0.25) is 0 Å². The second-order valence-corrected chi connectivity index (χ2v) is 3.86. The van der Waals surface area contributed by atoms with Crippen LogP contribution in [0.15, 0.2) is 28.2 Å². The number of nitrogens with zero attached hydrogens (tertiary/aromatic N) is 5. The van der Waals surface area contributed by atoms with Gasteiger partial charge < -0.3 is 0 Å². The molecule has 1 saturated heterocycles. The number of hydrogen-bond donors (Lipinski definition) is 1. The molecule has 4 rings (SSSR count). The lowest BCUT2D eigenvalue weighted by atomic mass is 10.1. The molecule has 0 spiro atoms. The molecule has 0 bridgehead atoms. The highest BCUT2D eigenvalue weighted by Gasteiger charge is 2.35. The number of fused-ring (bicyclic) bond motifs is 2. The zero-order valence-corrected chi connectivity index (χ0v) is 7.88. The lowest BCUT2D eigenvalue weighted by molar-refractivity contribution is 0.393. The first-order valence-electron chi connectivity index (χ1n) is 4.96. The molecule has 3 heterocycles. The molecule has 1 unspecified atom stereocenters. The first-order valence-corrected chi connectivity index (χ1v) is 4.96. The average Bonchev–Trinajstić information content (AvgIpc) is 2.88. The number of H-pyrrole nitrogens is 1. The van der Waals surface area contributed by atoms with Crippen molar-refractivity contribution in [3.8, 4) is 0 Å². The van der Waals surface area contributed by atoms with Crippen LogP contribution in [0.2, 0.25) is 0 Å². The minimum Gasteiger partial charge on any atom is -0.250 e. The average molecular weight is 200 g/mol. The summed E-state index contributed by atoms with van der Waals surface area (Å²) in [5.41, 5.74) is 3.16. The summed E-state index contributed by atoms with van der Waals surface area (Å²) in [6.45, 7) is 0.936. The molecule has 2 aliphatic heterocycles. The van der Waals surface area contributed by atoms with Gasteiger partial charge in [0.15, 0.2) is 0 Å². The Morgan fingerprint density at radius 1 is 1.40 bits per heavy atom. The Morgan fingerprint density at radius 3 is 3.40 bits per heavy atom. The van der Waals surface area contributed by atoms with Gasteiger partial charge in [-0.25, -0.2) is 5.01 Å². The first kappa shape index (κ1) is 7.33. The second kappa shape index (κ2) is 2.33. The Morgan fingerprint density at radius 2 is 2.40 bits per heavy atom. The topological polar surface area (TPSA) is 69.5 Å². The molecule has 15 heavy (non-hydrogen) atoms. The van der Waals surface area contributed by atoms with Crippen LogP contribution >= 0.6 is 0 Å². The van der Waals surface area contributed by atoms with Crippen molar-refractivity contribution in [3.63, 3.8) is 0 Å². The summed E-state index contributed by atoms with van der Waals surface area (Å²) in [5.74, 6) is 1.07. The molecular weight excluding hydrogens is 192 g/mol. The van der Waals surface area contributed by atoms with Gasteiger partial charge in [0, 0.05) is 18.0 Å². The van der Waals surface area contributed by atoms with Crippen molar-refractivity contribution < 1.29 is 0 Å². The highest BCUT2D eigenvalue weighted by Crippen LogP contribution is 2.43. The molecular formula is C9H8N6. The number of rotatable bonds is 0. The highest BCUT2D eigenvalue weighted by atomic mass is 15.6. The van der Waals surface area contributed by atoms with Crippen molar-refractivity contribution in [1.82, 2.24) is 20.4 Å². The van der Waals surface area contributed by atoms with Crippen LogP contribution < -0.4 is 0 Å². The van der Waals surface area contributed by atoms with Gasteiger partial charge in [-0.15, -0.1) is 10.2 Å². The molecule has 1 atom stereocenters. The van der Waals surface area contributed by atoms with Crippen LogP contribution in [0.25, 0.3) is 5.57 Å². The summed E-state index contributed by atoms with van der Waals surface area (Å²) < 4.78 is 0. The van der Waals surface area contributed by atoms with Gasteiger partial charge in [0.2, 0.25) is 5.82 Å². The molecule has 0 radical (unpaired) electrons. The highest BCUT2D eigenvalue weighted by molar-refractivity contribution is 5.82. The van der Waals surface area contributed by atoms with E-state index in [0.29, 0.717) is 11.7 Å². The maximum absolute atomic E-state index is 4.18. The number of nitrogens with one attached hydrogen (secondary N) is 1. The Hall–Kier alpha value is -1.98. The molecule has 1 N–H and O–H groups in total. The fourth-order valence-corrected chi connectivity index (χ4v) is 2.40. The SMILES string of the molecule is C1=CC2CCN3N=Nc4n[nH]nc4C1=C23. The van der Waals surface area contributed by atoms with E-state index in [-0.39, 0.29) is 0 Å². The normalized spacial score (nSPS) is 25.9. The van der Waals surface area contributed by atoms with E-state index in [9.17, 15) is 0 Å². The summed E-state index contributed by atoms with van der Waals surface area (Å²) in [4.78, 5) is 0. The molecule has 1 aromatic heterocycles. The third-order valence-electron chi connectivity index (χ3n) is 3.08. The van der Waals surface area contributed by atoms with Gasteiger partial charge in [0.1, 0.15) is 5.69 Å². The zero-order valence-electron chi connectivity index (χ0n) is 7.88. The molecule has 0 aromatic carbocycles. The van der Waals surface area contributed by atoms with Gasteiger partial charge in [-0.1, -0.05) is 17.4 Å². The van der Waals surface area contributed by atoms with Crippen LogP contribution in [0, 0.1) is 5.92 Å². The summed E-state index contributed by atoms with van der Waals surface area (Å²) in [5, 5.41) is 20.9. The summed E-state index contributed by atoms with van der Waals surface area (Å²) >= 11 is 0. The van der Waals surface area contributed by atoms with E-state index in [1.807, 2.05) is 5.01 Å². The van der Waals surface area contributed by atoms with Gasteiger partial charge >= 0.3 is 0 Å². The maximum Gasteiger partial charge on any atom is 0.225 e. The molecule has 0 saturated carbocycles. The van der Waals surface area contributed by atoms with E-state index in [2.05, 4.69) is 37.9 Å². The lowest BCUT2D eigenvalue weighted by Gasteiger charge is -2.11. The minimum atomic E-state index is 0.488. The van der Waals surface area contributed by atoms with Gasteiger partial charge in [0.25, 0.3) is 0 Å². The third kappa shape index (κ3) is 0.793. The van der Waals surface area contributed by atoms with Crippen molar-refractivity contribution in [3.05, 3.63) is 23.5 Å². The van der Waals surface area contributed by atoms with E-state index >= 15 is 0 Å². The van der Waals surface area contributed by atoms with Crippen LogP contribution in [-0.2, 0) is 0 Å². The van der Waals surface area contributed by atoms with Crippen LogP contribution in [0.1, 0.15) is 12.1 Å². The molecule has 74 valence electrons. The van der Waals surface area contributed by atoms with Crippen LogP contribution in [0.3, 0.4) is 0 Å². The monoisotopic (exact) mass is 200 g/mol. The predicted molar refractivity (Wildman–Crippen MR) is 51.8 cm³/mol.